The van der Waals surface area contributed by atoms with Crippen molar-refractivity contribution in [1.29, 1.82) is 0 Å². The highest BCUT2D eigenvalue weighted by Gasteiger charge is 2.12. The quantitative estimate of drug-likeness (QED) is 0.278. The molecular formula is C24H19N. The summed E-state index contributed by atoms with van der Waals surface area (Å²) in [5.74, 6) is 0. The Labute approximate surface area is 147 Å². The SMILES string of the molecule is Cc1cc(-c2ccc3ccc4cccc5ccc2c3c45)cc(C)c1N. The first kappa shape index (κ1) is 14.3. The van der Waals surface area contributed by atoms with Crippen molar-refractivity contribution in [1.82, 2.24) is 0 Å². The normalized spacial score (nSPS) is 11.8. The van der Waals surface area contributed by atoms with Crippen LogP contribution in [0.25, 0.3) is 43.4 Å². The topological polar surface area (TPSA) is 26.0 Å². The predicted octanol–water partition coefficient (Wildman–Crippen LogP) is 6.45. The Morgan fingerprint density at radius 2 is 1.20 bits per heavy atom. The lowest BCUT2D eigenvalue weighted by atomic mass is 9.89. The van der Waals surface area contributed by atoms with E-state index in [2.05, 4.69) is 80.6 Å². The van der Waals surface area contributed by atoms with Gasteiger partial charge in [0.05, 0.1) is 0 Å². The molecule has 0 aliphatic carbocycles. The lowest BCUT2D eigenvalue weighted by molar-refractivity contribution is 1.39. The minimum Gasteiger partial charge on any atom is -0.398 e. The first-order valence-electron chi connectivity index (χ1n) is 8.67. The van der Waals surface area contributed by atoms with Gasteiger partial charge in [-0.3, -0.25) is 0 Å². The molecule has 2 N–H and O–H groups in total. The zero-order valence-corrected chi connectivity index (χ0v) is 14.4. The molecule has 0 unspecified atom stereocenters. The van der Waals surface area contributed by atoms with E-state index in [9.17, 15) is 0 Å². The van der Waals surface area contributed by atoms with Crippen molar-refractivity contribution in [3.63, 3.8) is 0 Å². The molecule has 0 bridgehead atoms. The summed E-state index contributed by atoms with van der Waals surface area (Å²) < 4.78 is 0. The van der Waals surface area contributed by atoms with Crippen molar-refractivity contribution in [2.75, 3.05) is 5.73 Å². The molecule has 0 aliphatic heterocycles. The summed E-state index contributed by atoms with van der Waals surface area (Å²) in [5.41, 5.74) is 11.8. The minimum atomic E-state index is 0.890. The van der Waals surface area contributed by atoms with E-state index < -0.39 is 0 Å². The minimum absolute atomic E-state index is 0.890. The molecule has 0 radical (unpaired) electrons. The van der Waals surface area contributed by atoms with Gasteiger partial charge >= 0.3 is 0 Å². The third kappa shape index (κ3) is 1.96. The molecule has 5 rings (SSSR count). The Morgan fingerprint density at radius 1 is 0.640 bits per heavy atom. The summed E-state index contributed by atoms with van der Waals surface area (Å²) in [5, 5.41) is 7.94. The van der Waals surface area contributed by atoms with Crippen LogP contribution in [0.5, 0.6) is 0 Å². The molecule has 5 aromatic carbocycles. The lowest BCUT2D eigenvalue weighted by Gasteiger charge is -2.15. The molecule has 25 heavy (non-hydrogen) atoms. The Bertz CT molecular complexity index is 1220. The Morgan fingerprint density at radius 3 is 1.88 bits per heavy atom. The van der Waals surface area contributed by atoms with Crippen LogP contribution in [0.15, 0.2) is 66.7 Å². The Kier molecular flexibility index (Phi) is 2.84. The molecule has 1 nitrogen and oxygen atoms in total. The van der Waals surface area contributed by atoms with Gasteiger partial charge in [0.15, 0.2) is 0 Å². The first-order chi connectivity index (χ1) is 12.1. The van der Waals surface area contributed by atoms with Gasteiger partial charge < -0.3 is 5.73 Å². The third-order valence-corrected chi connectivity index (χ3v) is 5.43. The molecule has 120 valence electrons. The van der Waals surface area contributed by atoms with E-state index in [1.807, 2.05) is 0 Å². The first-order valence-corrected chi connectivity index (χ1v) is 8.67. The highest BCUT2D eigenvalue weighted by atomic mass is 14.6. The standard InChI is InChI=1S/C24H19N/c1-14-12-19(13-15(2)24(14)25)20-10-8-18-7-6-16-4-3-5-17-9-11-21(20)23(18)22(16)17/h3-13H,25H2,1-2H3. The van der Waals surface area contributed by atoms with Crippen molar-refractivity contribution >= 4 is 38.0 Å². The second-order valence-electron chi connectivity index (χ2n) is 6.99. The molecule has 0 saturated heterocycles. The highest BCUT2D eigenvalue weighted by Crippen LogP contribution is 2.39. The maximum Gasteiger partial charge on any atom is 0.0373 e. The van der Waals surface area contributed by atoms with Crippen LogP contribution >= 0.6 is 0 Å². The van der Waals surface area contributed by atoms with Crippen LogP contribution in [0.3, 0.4) is 0 Å². The van der Waals surface area contributed by atoms with E-state index in [0.717, 1.165) is 16.8 Å². The van der Waals surface area contributed by atoms with Gasteiger partial charge in [-0.25, -0.2) is 0 Å². The zero-order chi connectivity index (χ0) is 17.1. The smallest absolute Gasteiger partial charge is 0.0373 e. The van der Waals surface area contributed by atoms with Crippen LogP contribution in [0.2, 0.25) is 0 Å². The number of rotatable bonds is 1. The van der Waals surface area contributed by atoms with Crippen molar-refractivity contribution in [2.24, 2.45) is 0 Å². The summed E-state index contributed by atoms with van der Waals surface area (Å²) in [6.07, 6.45) is 0. The Hall–Kier alpha value is -3.06. The second-order valence-corrected chi connectivity index (χ2v) is 6.99. The molecule has 0 aliphatic rings. The van der Waals surface area contributed by atoms with E-state index in [1.165, 1.54) is 43.4 Å². The molecule has 0 aromatic heterocycles. The van der Waals surface area contributed by atoms with Crippen molar-refractivity contribution in [3.8, 4) is 11.1 Å². The summed E-state index contributed by atoms with van der Waals surface area (Å²) in [4.78, 5) is 0. The van der Waals surface area contributed by atoms with Crippen LogP contribution in [0.4, 0.5) is 5.69 Å². The van der Waals surface area contributed by atoms with Crippen LogP contribution < -0.4 is 5.73 Å². The van der Waals surface area contributed by atoms with Gasteiger partial charge in [-0.1, -0.05) is 54.6 Å². The molecule has 0 heterocycles. The highest BCUT2D eigenvalue weighted by molar-refractivity contribution is 6.25. The summed E-state index contributed by atoms with van der Waals surface area (Å²) in [6.45, 7) is 4.17. The van der Waals surface area contributed by atoms with Crippen LogP contribution in [-0.4, -0.2) is 0 Å². The summed E-state index contributed by atoms with van der Waals surface area (Å²) in [7, 11) is 0. The van der Waals surface area contributed by atoms with E-state index in [4.69, 9.17) is 5.73 Å². The van der Waals surface area contributed by atoms with Gasteiger partial charge in [0.2, 0.25) is 0 Å². The molecule has 0 atom stereocenters. The number of aryl methyl sites for hydroxylation is 2. The fourth-order valence-corrected chi connectivity index (χ4v) is 4.12. The monoisotopic (exact) mass is 321 g/mol. The molecule has 0 amide bonds. The van der Waals surface area contributed by atoms with Gasteiger partial charge in [-0.2, -0.15) is 0 Å². The molecular weight excluding hydrogens is 302 g/mol. The Balaban J connectivity index is 1.94. The molecule has 1 heteroatoms. The molecule has 0 fully saturated rings. The predicted molar refractivity (Wildman–Crippen MR) is 109 cm³/mol. The van der Waals surface area contributed by atoms with Crippen LogP contribution in [0.1, 0.15) is 11.1 Å². The lowest BCUT2D eigenvalue weighted by Crippen LogP contribution is -1.95. The number of hydrogen-bond acceptors (Lipinski definition) is 1. The van der Waals surface area contributed by atoms with Crippen LogP contribution in [0, 0.1) is 13.8 Å². The fourth-order valence-electron chi connectivity index (χ4n) is 4.12. The largest absolute Gasteiger partial charge is 0.398 e. The van der Waals surface area contributed by atoms with Crippen molar-refractivity contribution < 1.29 is 0 Å². The number of nitrogens with two attached hydrogens (primary N) is 1. The van der Waals surface area contributed by atoms with E-state index in [-0.39, 0.29) is 0 Å². The van der Waals surface area contributed by atoms with Crippen molar-refractivity contribution in [3.05, 3.63) is 77.9 Å². The molecule has 0 spiro atoms. The number of nitrogen functional groups attached to an aromatic ring is 1. The number of hydrogen-bond donors (Lipinski definition) is 1. The van der Waals surface area contributed by atoms with E-state index in [1.54, 1.807) is 0 Å². The maximum atomic E-state index is 6.16. The van der Waals surface area contributed by atoms with E-state index >= 15 is 0 Å². The van der Waals surface area contributed by atoms with Gasteiger partial charge in [0.25, 0.3) is 0 Å². The van der Waals surface area contributed by atoms with E-state index in [0.29, 0.717) is 0 Å². The van der Waals surface area contributed by atoms with Gasteiger partial charge in [-0.15, -0.1) is 0 Å². The average molecular weight is 321 g/mol. The zero-order valence-electron chi connectivity index (χ0n) is 14.4. The molecule has 5 aromatic rings. The fraction of sp³-hybridized carbons (Fsp3) is 0.0833. The maximum absolute atomic E-state index is 6.16. The number of anilines is 1. The average Bonchev–Trinajstić information content (AvgIpc) is 2.63. The molecule has 0 saturated carbocycles. The van der Waals surface area contributed by atoms with Gasteiger partial charge in [0.1, 0.15) is 0 Å². The van der Waals surface area contributed by atoms with Crippen LogP contribution in [-0.2, 0) is 0 Å². The third-order valence-electron chi connectivity index (χ3n) is 5.43. The van der Waals surface area contributed by atoms with Gasteiger partial charge in [-0.05, 0) is 80.6 Å². The second kappa shape index (κ2) is 4.97. The summed E-state index contributed by atoms with van der Waals surface area (Å²) >= 11 is 0. The summed E-state index contributed by atoms with van der Waals surface area (Å²) in [6, 6.07) is 24.4. The number of benzene rings is 5. The van der Waals surface area contributed by atoms with Crippen molar-refractivity contribution in [2.45, 2.75) is 13.8 Å². The van der Waals surface area contributed by atoms with Gasteiger partial charge in [0, 0.05) is 5.69 Å².